The van der Waals surface area contributed by atoms with E-state index in [1.165, 1.54) is 0 Å². The Labute approximate surface area is 90.6 Å². The molecule has 0 aliphatic carbocycles. The Morgan fingerprint density at radius 3 is 2.53 bits per heavy atom. The Morgan fingerprint density at radius 2 is 2.13 bits per heavy atom. The van der Waals surface area contributed by atoms with Crippen molar-refractivity contribution in [1.82, 2.24) is 15.1 Å². The molecule has 84 valence electrons. The van der Waals surface area contributed by atoms with Crippen molar-refractivity contribution in [2.75, 3.05) is 13.1 Å². The van der Waals surface area contributed by atoms with Gasteiger partial charge < -0.3 is 10.1 Å². The number of rotatable bonds is 2. The Hall–Kier alpha value is -1.03. The second-order valence-corrected chi connectivity index (χ2v) is 5.45. The van der Waals surface area contributed by atoms with E-state index in [2.05, 4.69) is 38.1 Å². The molecule has 1 aliphatic heterocycles. The molecule has 1 aromatic heterocycles. The lowest BCUT2D eigenvalue weighted by atomic mass is 10.0. The number of ether oxygens (including phenoxy) is 1. The van der Waals surface area contributed by atoms with Gasteiger partial charge in [0.15, 0.2) is 5.75 Å². The van der Waals surface area contributed by atoms with Gasteiger partial charge in [-0.25, -0.2) is 0 Å². The van der Waals surface area contributed by atoms with Gasteiger partial charge in [0.2, 0.25) is 0 Å². The molecule has 0 unspecified atom stereocenters. The zero-order valence-corrected chi connectivity index (χ0v) is 9.87. The van der Waals surface area contributed by atoms with E-state index in [0.29, 0.717) is 0 Å². The van der Waals surface area contributed by atoms with Gasteiger partial charge in [-0.1, -0.05) is 0 Å². The first-order valence-corrected chi connectivity index (χ1v) is 5.34. The van der Waals surface area contributed by atoms with E-state index in [0.717, 1.165) is 18.8 Å². The number of nitrogens with one attached hydrogen (secondary N) is 1. The summed E-state index contributed by atoms with van der Waals surface area (Å²) in [4.78, 5) is 0. The van der Waals surface area contributed by atoms with Gasteiger partial charge >= 0.3 is 0 Å². The molecule has 1 aliphatic rings. The van der Waals surface area contributed by atoms with Gasteiger partial charge in [0, 0.05) is 13.1 Å². The maximum atomic E-state index is 5.87. The van der Waals surface area contributed by atoms with Crippen molar-refractivity contribution in [2.45, 2.75) is 38.8 Å². The topological polar surface area (TPSA) is 39.1 Å². The quantitative estimate of drug-likeness (QED) is 0.799. The van der Waals surface area contributed by atoms with Crippen LogP contribution >= 0.6 is 0 Å². The molecule has 4 nitrogen and oxygen atoms in total. The van der Waals surface area contributed by atoms with Gasteiger partial charge in [-0.05, 0) is 27.7 Å². The van der Waals surface area contributed by atoms with Crippen LogP contribution in [0.15, 0.2) is 12.4 Å². The molecule has 1 saturated heterocycles. The summed E-state index contributed by atoms with van der Waals surface area (Å²) in [5.74, 6) is 0.855. The lowest BCUT2D eigenvalue weighted by Gasteiger charge is -2.38. The van der Waals surface area contributed by atoms with Crippen LogP contribution in [0, 0.1) is 0 Å². The smallest absolute Gasteiger partial charge is 0.158 e. The van der Waals surface area contributed by atoms with Crippen molar-refractivity contribution in [3.63, 3.8) is 0 Å². The van der Waals surface area contributed by atoms with Crippen LogP contribution in [0.4, 0.5) is 0 Å². The summed E-state index contributed by atoms with van der Waals surface area (Å²) in [6.45, 7) is 10.3. The van der Waals surface area contributed by atoms with Crippen molar-refractivity contribution in [2.24, 2.45) is 0 Å². The fourth-order valence-electron chi connectivity index (χ4n) is 1.56. The SMILES string of the molecule is CC1(Oc2cnn(C(C)(C)C)c2)CNC1. The third-order valence-corrected chi connectivity index (χ3v) is 2.61. The summed E-state index contributed by atoms with van der Waals surface area (Å²) in [5, 5.41) is 7.51. The van der Waals surface area contributed by atoms with Crippen LogP contribution < -0.4 is 10.1 Å². The normalized spacial score (nSPS) is 19.7. The largest absolute Gasteiger partial charge is 0.482 e. The highest BCUT2D eigenvalue weighted by Gasteiger charge is 2.34. The van der Waals surface area contributed by atoms with Gasteiger partial charge in [0.1, 0.15) is 5.60 Å². The van der Waals surface area contributed by atoms with Crippen molar-refractivity contribution in [3.8, 4) is 5.75 Å². The Kier molecular flexibility index (Phi) is 2.26. The number of hydrogen-bond donors (Lipinski definition) is 1. The van der Waals surface area contributed by atoms with E-state index < -0.39 is 0 Å². The van der Waals surface area contributed by atoms with Crippen molar-refractivity contribution >= 4 is 0 Å². The highest BCUT2D eigenvalue weighted by atomic mass is 16.5. The zero-order chi connectivity index (χ0) is 11.1. The molecule has 0 spiro atoms. The first kappa shape index (κ1) is 10.5. The van der Waals surface area contributed by atoms with E-state index in [1.807, 2.05) is 10.9 Å². The van der Waals surface area contributed by atoms with E-state index in [4.69, 9.17) is 4.74 Å². The molecule has 1 aromatic rings. The van der Waals surface area contributed by atoms with Crippen LogP contribution in [0.3, 0.4) is 0 Å². The average Bonchev–Trinajstić information content (AvgIpc) is 2.49. The van der Waals surface area contributed by atoms with Crippen LogP contribution in [0.25, 0.3) is 0 Å². The molecule has 0 saturated carbocycles. The molecule has 0 atom stereocenters. The summed E-state index contributed by atoms with van der Waals surface area (Å²) >= 11 is 0. The fourth-order valence-corrected chi connectivity index (χ4v) is 1.56. The average molecular weight is 209 g/mol. The van der Waals surface area contributed by atoms with Crippen molar-refractivity contribution in [3.05, 3.63) is 12.4 Å². The second kappa shape index (κ2) is 3.23. The molecular weight excluding hydrogens is 190 g/mol. The number of hydrogen-bond acceptors (Lipinski definition) is 3. The van der Waals surface area contributed by atoms with Crippen LogP contribution in [0.1, 0.15) is 27.7 Å². The van der Waals surface area contributed by atoms with Crippen molar-refractivity contribution < 1.29 is 4.74 Å². The maximum absolute atomic E-state index is 5.87. The fraction of sp³-hybridized carbons (Fsp3) is 0.727. The van der Waals surface area contributed by atoms with Crippen LogP contribution in [0.2, 0.25) is 0 Å². The van der Waals surface area contributed by atoms with E-state index in [-0.39, 0.29) is 11.1 Å². The number of nitrogens with zero attached hydrogens (tertiary/aromatic N) is 2. The summed E-state index contributed by atoms with van der Waals surface area (Å²) in [7, 11) is 0. The van der Waals surface area contributed by atoms with Crippen molar-refractivity contribution in [1.29, 1.82) is 0 Å². The summed E-state index contributed by atoms with van der Waals surface area (Å²) in [6.07, 6.45) is 3.75. The van der Waals surface area contributed by atoms with Gasteiger partial charge in [0.05, 0.1) is 17.9 Å². The van der Waals surface area contributed by atoms with E-state index in [1.54, 1.807) is 6.20 Å². The van der Waals surface area contributed by atoms with Crippen LogP contribution in [-0.4, -0.2) is 28.5 Å². The van der Waals surface area contributed by atoms with Crippen LogP contribution in [-0.2, 0) is 5.54 Å². The predicted molar refractivity (Wildman–Crippen MR) is 59.1 cm³/mol. The highest BCUT2D eigenvalue weighted by Crippen LogP contribution is 2.23. The summed E-state index contributed by atoms with van der Waals surface area (Å²) in [5.41, 5.74) is -0.0356. The third kappa shape index (κ3) is 2.15. The molecule has 0 radical (unpaired) electrons. The van der Waals surface area contributed by atoms with Gasteiger partial charge in [-0.2, -0.15) is 5.10 Å². The van der Waals surface area contributed by atoms with E-state index in [9.17, 15) is 0 Å². The molecule has 2 rings (SSSR count). The molecular formula is C11H19N3O. The lowest BCUT2D eigenvalue weighted by molar-refractivity contribution is 0.0346. The molecule has 0 aromatic carbocycles. The minimum absolute atomic E-state index is 0.0143. The Balaban J connectivity index is 2.07. The molecule has 4 heteroatoms. The van der Waals surface area contributed by atoms with E-state index >= 15 is 0 Å². The monoisotopic (exact) mass is 209 g/mol. The highest BCUT2D eigenvalue weighted by molar-refractivity contribution is 5.15. The first-order chi connectivity index (χ1) is 6.89. The predicted octanol–water partition coefficient (Wildman–Crippen LogP) is 1.38. The summed E-state index contributed by atoms with van der Waals surface area (Å²) < 4.78 is 7.80. The molecule has 0 amide bonds. The molecule has 2 heterocycles. The minimum Gasteiger partial charge on any atom is -0.482 e. The third-order valence-electron chi connectivity index (χ3n) is 2.61. The maximum Gasteiger partial charge on any atom is 0.158 e. The second-order valence-electron chi connectivity index (χ2n) is 5.45. The van der Waals surface area contributed by atoms with Gasteiger partial charge in [-0.3, -0.25) is 4.68 Å². The van der Waals surface area contributed by atoms with Crippen LogP contribution in [0.5, 0.6) is 5.75 Å². The van der Waals surface area contributed by atoms with Gasteiger partial charge in [0.25, 0.3) is 0 Å². The zero-order valence-electron chi connectivity index (χ0n) is 9.87. The minimum atomic E-state index is -0.0499. The molecule has 1 fully saturated rings. The summed E-state index contributed by atoms with van der Waals surface area (Å²) in [6, 6.07) is 0. The standard InChI is InChI=1S/C11H19N3O/c1-10(2,3)14-6-9(5-13-14)15-11(4)7-12-8-11/h5-6,12H,7-8H2,1-4H3. The molecule has 1 N–H and O–H groups in total. The molecule has 15 heavy (non-hydrogen) atoms. The Bertz CT molecular complexity index is 347. The number of aromatic nitrogens is 2. The lowest BCUT2D eigenvalue weighted by Crippen LogP contribution is -2.60. The van der Waals surface area contributed by atoms with Gasteiger partial charge in [-0.15, -0.1) is 0 Å². The first-order valence-electron chi connectivity index (χ1n) is 5.34. The molecule has 0 bridgehead atoms. The Morgan fingerprint density at radius 1 is 1.47 bits per heavy atom.